The van der Waals surface area contributed by atoms with E-state index in [1.807, 2.05) is 0 Å². The highest BCUT2D eigenvalue weighted by atomic mass is 19.2. The number of methoxy groups -OCH3 is 1. The molecule has 218 valence electrons. The zero-order chi connectivity index (χ0) is 28.6. The summed E-state index contributed by atoms with van der Waals surface area (Å²) in [5.74, 6) is -2.02. The molecule has 1 spiro atoms. The lowest BCUT2D eigenvalue weighted by Crippen LogP contribution is -2.57. The predicted octanol–water partition coefficient (Wildman–Crippen LogP) is 2.32. The zero-order valence-electron chi connectivity index (χ0n) is 22.2. The molecule has 12 nitrogen and oxygen atoms in total. The van der Waals surface area contributed by atoms with Crippen LogP contribution in [0.3, 0.4) is 0 Å². The van der Waals surface area contributed by atoms with Gasteiger partial charge < -0.3 is 34.9 Å². The van der Waals surface area contributed by atoms with Gasteiger partial charge in [-0.25, -0.2) is 18.3 Å². The Balaban J connectivity index is 1.32. The van der Waals surface area contributed by atoms with Gasteiger partial charge in [-0.2, -0.15) is 0 Å². The minimum atomic E-state index is -1.24. The minimum absolute atomic E-state index is 0.0730. The predicted molar refractivity (Wildman–Crippen MR) is 136 cm³/mol. The van der Waals surface area contributed by atoms with Crippen molar-refractivity contribution in [2.45, 2.75) is 87.5 Å². The molecule has 0 radical (unpaired) electrons. The molecule has 3 heterocycles. The lowest BCUT2D eigenvalue weighted by molar-refractivity contribution is -0.210. The van der Waals surface area contributed by atoms with Gasteiger partial charge in [0.25, 0.3) is 0 Å². The summed E-state index contributed by atoms with van der Waals surface area (Å²) in [6.07, 6.45) is 0.0963. The van der Waals surface area contributed by atoms with E-state index in [4.69, 9.17) is 19.4 Å². The number of nitrogens with zero attached hydrogens (tertiary/aromatic N) is 4. The number of rotatable bonds is 7. The van der Waals surface area contributed by atoms with Crippen molar-refractivity contribution in [3.63, 3.8) is 0 Å². The Morgan fingerprint density at radius 3 is 2.67 bits per heavy atom. The van der Waals surface area contributed by atoms with Crippen LogP contribution in [-0.4, -0.2) is 91.9 Å². The van der Waals surface area contributed by atoms with Gasteiger partial charge in [-0.05, 0) is 44.2 Å². The van der Waals surface area contributed by atoms with Crippen molar-refractivity contribution in [1.29, 1.82) is 0 Å². The Labute approximate surface area is 228 Å². The Bertz CT molecular complexity index is 1270. The van der Waals surface area contributed by atoms with Gasteiger partial charge in [0.15, 0.2) is 11.6 Å². The minimum Gasteiger partial charge on any atom is -0.465 e. The van der Waals surface area contributed by atoms with Crippen molar-refractivity contribution in [3.8, 4) is 11.3 Å². The third kappa shape index (κ3) is 5.40. The van der Waals surface area contributed by atoms with Gasteiger partial charge in [-0.15, -0.1) is 5.10 Å². The van der Waals surface area contributed by atoms with Gasteiger partial charge in [-0.1, -0.05) is 16.4 Å². The fourth-order valence-electron chi connectivity index (χ4n) is 5.99. The van der Waals surface area contributed by atoms with E-state index in [2.05, 4.69) is 20.8 Å². The highest BCUT2D eigenvalue weighted by Crippen LogP contribution is 2.41. The zero-order valence-corrected chi connectivity index (χ0v) is 22.2. The second-order valence-corrected chi connectivity index (χ2v) is 10.8. The average Bonchev–Trinajstić information content (AvgIpc) is 3.56. The van der Waals surface area contributed by atoms with Crippen LogP contribution in [0.2, 0.25) is 0 Å². The highest BCUT2D eigenvalue weighted by Gasteiger charge is 2.49. The average molecular weight is 566 g/mol. The number of benzene rings is 1. The van der Waals surface area contributed by atoms with Crippen LogP contribution in [0.1, 0.15) is 50.1 Å². The van der Waals surface area contributed by atoms with Crippen molar-refractivity contribution < 1.29 is 43.2 Å². The van der Waals surface area contributed by atoms with Crippen LogP contribution in [0.25, 0.3) is 11.3 Å². The Kier molecular flexibility index (Phi) is 8.04. The molecule has 1 aromatic carbocycles. The van der Waals surface area contributed by atoms with Crippen LogP contribution in [0.5, 0.6) is 0 Å². The number of carbonyl (C=O) groups is 1. The van der Waals surface area contributed by atoms with Gasteiger partial charge in [-0.3, -0.25) is 0 Å². The molecule has 1 aromatic heterocycles. The van der Waals surface area contributed by atoms with Crippen molar-refractivity contribution in [1.82, 2.24) is 20.3 Å². The number of aliphatic hydroxyl groups is 2. The number of carboxylic acid groups (broad SMARTS) is 1. The van der Waals surface area contributed by atoms with Crippen LogP contribution in [0.15, 0.2) is 23.5 Å². The van der Waals surface area contributed by atoms with E-state index in [9.17, 15) is 23.8 Å². The number of amides is 1. The maximum absolute atomic E-state index is 14.6. The number of oxime groups is 1. The Morgan fingerprint density at radius 1 is 1.25 bits per heavy atom. The third-order valence-electron chi connectivity index (χ3n) is 8.16. The summed E-state index contributed by atoms with van der Waals surface area (Å²) in [5, 5.41) is 44.9. The van der Waals surface area contributed by atoms with E-state index < -0.39 is 60.4 Å². The molecule has 5 atom stereocenters. The van der Waals surface area contributed by atoms with Crippen LogP contribution in [0.4, 0.5) is 13.6 Å². The lowest BCUT2D eigenvalue weighted by atomic mass is 9.78. The number of hydrogen-bond acceptors (Lipinski definition) is 9. The summed E-state index contributed by atoms with van der Waals surface area (Å²) in [4.78, 5) is 16.8. The van der Waals surface area contributed by atoms with Gasteiger partial charge in [0, 0.05) is 31.6 Å². The third-order valence-corrected chi connectivity index (χ3v) is 8.16. The molecule has 5 rings (SSSR count). The van der Waals surface area contributed by atoms with E-state index in [1.165, 1.54) is 37.0 Å². The maximum atomic E-state index is 14.6. The highest BCUT2D eigenvalue weighted by molar-refractivity contribution is 5.86. The summed E-state index contributed by atoms with van der Waals surface area (Å²) in [6.45, 7) is 0.980. The molecule has 1 aliphatic carbocycles. The molecule has 1 amide bonds. The molecular weight excluding hydrogens is 532 g/mol. The molecule has 3 aliphatic rings. The van der Waals surface area contributed by atoms with E-state index in [0.717, 1.165) is 5.71 Å². The lowest BCUT2D eigenvalue weighted by Gasteiger charge is -2.43. The fraction of sp³-hybridized carbons (Fsp3) is 0.615. The van der Waals surface area contributed by atoms with Gasteiger partial charge in [0.05, 0.1) is 24.6 Å². The quantitative estimate of drug-likeness (QED) is 0.395. The van der Waals surface area contributed by atoms with Crippen molar-refractivity contribution in [3.05, 3.63) is 35.5 Å². The number of aromatic nitrogens is 3. The standard InChI is InChI=1S/C26H33F2N5O7/c1-13-3-4-16(21(28)20(13)27)17-11-33(32-30-17)22-23(35)19(12-34)39-18(24(22)38-2)9-15-10-26(40-31-15)7-5-14(6-8-26)29-25(36)37/h3-4,11,14,18-19,22-24,29,34-35H,5-10,12H2,1-2H3,(H,36,37)/t14?,18-,19-,22+,23+,24+,26?/m1/s1. The van der Waals surface area contributed by atoms with Crippen LogP contribution < -0.4 is 5.32 Å². The van der Waals surface area contributed by atoms with E-state index in [0.29, 0.717) is 32.1 Å². The SMILES string of the molecule is CO[C@@H]1[C@@H](n2cc(-c3ccc(C)c(F)c3F)nn2)[C@@H](O)[C@@H](CO)O[C@@H]1CC1=NOC2(CCC(NC(=O)O)CC2)C1. The first-order chi connectivity index (χ1) is 19.1. The molecular formula is C26H33F2N5O7. The first-order valence-corrected chi connectivity index (χ1v) is 13.2. The first kappa shape index (κ1) is 28.3. The molecule has 2 aliphatic heterocycles. The molecule has 1 saturated carbocycles. The first-order valence-electron chi connectivity index (χ1n) is 13.2. The summed E-state index contributed by atoms with van der Waals surface area (Å²) < 4.78 is 41.9. The summed E-state index contributed by atoms with van der Waals surface area (Å²) in [7, 11) is 1.46. The van der Waals surface area contributed by atoms with Crippen molar-refractivity contribution in [2.75, 3.05) is 13.7 Å². The maximum Gasteiger partial charge on any atom is 0.404 e. The normalized spacial score (nSPS) is 32.1. The Morgan fingerprint density at radius 2 is 2.00 bits per heavy atom. The largest absolute Gasteiger partial charge is 0.465 e. The number of halogens is 2. The second kappa shape index (κ2) is 11.4. The number of aliphatic hydroxyl groups excluding tert-OH is 2. The van der Waals surface area contributed by atoms with Crippen LogP contribution in [-0.2, 0) is 14.3 Å². The molecule has 4 N–H and O–H groups in total. The Hall–Kier alpha value is -3.20. The topological polar surface area (TPSA) is 161 Å². The van der Waals surface area contributed by atoms with Gasteiger partial charge >= 0.3 is 6.09 Å². The van der Waals surface area contributed by atoms with Crippen molar-refractivity contribution in [2.24, 2.45) is 5.16 Å². The molecule has 40 heavy (non-hydrogen) atoms. The van der Waals surface area contributed by atoms with E-state index in [1.54, 1.807) is 0 Å². The monoisotopic (exact) mass is 565 g/mol. The summed E-state index contributed by atoms with van der Waals surface area (Å²) in [5.41, 5.74) is 0.376. The molecule has 14 heteroatoms. The number of aryl methyl sites for hydroxylation is 1. The molecule has 1 saturated heterocycles. The van der Waals surface area contributed by atoms with Gasteiger partial charge in [0.1, 0.15) is 35.6 Å². The summed E-state index contributed by atoms with van der Waals surface area (Å²) >= 11 is 0. The molecule has 2 aromatic rings. The van der Waals surface area contributed by atoms with E-state index >= 15 is 0 Å². The smallest absolute Gasteiger partial charge is 0.404 e. The second-order valence-electron chi connectivity index (χ2n) is 10.8. The van der Waals surface area contributed by atoms with Crippen LogP contribution >= 0.6 is 0 Å². The molecule has 2 fully saturated rings. The molecule has 0 bridgehead atoms. The summed E-state index contributed by atoms with van der Waals surface area (Å²) in [6, 6.07) is 1.86. The number of hydrogen-bond donors (Lipinski definition) is 4. The van der Waals surface area contributed by atoms with Gasteiger partial charge in [0.2, 0.25) is 0 Å². The molecule has 0 unspecified atom stereocenters. The number of nitrogens with one attached hydrogen (secondary N) is 1. The number of ether oxygens (including phenoxy) is 2. The fourth-order valence-corrected chi connectivity index (χ4v) is 5.99. The van der Waals surface area contributed by atoms with E-state index in [-0.39, 0.29) is 29.3 Å². The van der Waals surface area contributed by atoms with Crippen molar-refractivity contribution >= 4 is 11.8 Å². The van der Waals surface area contributed by atoms with Crippen LogP contribution in [0, 0.1) is 18.6 Å².